The van der Waals surface area contributed by atoms with Crippen molar-refractivity contribution in [3.05, 3.63) is 35.0 Å². The molecule has 0 unspecified atom stereocenters. The van der Waals surface area contributed by atoms with Crippen LogP contribution in [0.25, 0.3) is 0 Å². The number of benzene rings is 1. The van der Waals surface area contributed by atoms with E-state index < -0.39 is 0 Å². The largest absolute Gasteiger partial charge is 0.454 e. The number of thiocarbonyl (C=S) groups is 1. The van der Waals surface area contributed by atoms with Gasteiger partial charge in [-0.3, -0.25) is 0 Å². The van der Waals surface area contributed by atoms with Crippen LogP contribution in [0.1, 0.15) is 25.3 Å². The van der Waals surface area contributed by atoms with Crippen molar-refractivity contribution < 1.29 is 9.47 Å². The molecule has 1 aromatic carbocycles. The zero-order chi connectivity index (χ0) is 19.5. The summed E-state index contributed by atoms with van der Waals surface area (Å²) in [5, 5.41) is 7.00. The highest BCUT2D eigenvalue weighted by Gasteiger charge is 2.19. The maximum Gasteiger partial charge on any atom is 0.232 e. The monoisotopic (exact) mass is 419 g/mol. The van der Waals surface area contributed by atoms with E-state index in [0.717, 1.165) is 42.4 Å². The van der Waals surface area contributed by atoms with Crippen molar-refractivity contribution >= 4 is 40.7 Å². The molecule has 1 fully saturated rings. The van der Waals surface area contributed by atoms with Gasteiger partial charge in [0.1, 0.15) is 11.0 Å². The van der Waals surface area contributed by atoms with E-state index in [4.69, 9.17) is 33.3 Å². The molecule has 1 saturated heterocycles. The first kappa shape index (κ1) is 19.0. The molecule has 0 amide bonds. The molecule has 2 aliphatic rings. The second-order valence-corrected chi connectivity index (χ2v) is 7.86. The SMILES string of the molecule is C[C@@H]1CCCN(c2cc(Cl)nc(NC(=S)NCc3ccc4c(c3)OCO4)n2)C1. The average molecular weight is 420 g/mol. The summed E-state index contributed by atoms with van der Waals surface area (Å²) in [4.78, 5) is 11.1. The standard InChI is InChI=1S/C19H22ClN5O2S/c1-12-3-2-6-25(10-12)17-8-16(20)22-18(23-17)24-19(28)21-9-13-4-5-14-15(7-13)27-11-26-14/h4-5,7-8,12H,2-3,6,9-11H2,1H3,(H2,21,22,23,24,28)/t12-/m1/s1. The highest BCUT2D eigenvalue weighted by atomic mass is 35.5. The molecule has 4 rings (SSSR count). The molecule has 1 aromatic heterocycles. The Morgan fingerprint density at radius 2 is 2.14 bits per heavy atom. The fourth-order valence-electron chi connectivity index (χ4n) is 3.40. The van der Waals surface area contributed by atoms with Gasteiger partial charge in [0, 0.05) is 25.7 Å². The van der Waals surface area contributed by atoms with Crippen molar-refractivity contribution in [3.63, 3.8) is 0 Å². The second kappa shape index (κ2) is 8.36. The first-order valence-corrected chi connectivity index (χ1v) is 10.1. The fourth-order valence-corrected chi connectivity index (χ4v) is 3.74. The smallest absolute Gasteiger partial charge is 0.232 e. The quantitative estimate of drug-likeness (QED) is 0.575. The zero-order valence-electron chi connectivity index (χ0n) is 15.6. The van der Waals surface area contributed by atoms with E-state index in [1.54, 1.807) is 6.07 Å². The molecule has 9 heteroatoms. The molecule has 0 bridgehead atoms. The molecule has 2 aromatic rings. The number of aromatic nitrogens is 2. The predicted octanol–water partition coefficient (Wildman–Crippen LogP) is 3.58. The first-order chi connectivity index (χ1) is 13.6. The highest BCUT2D eigenvalue weighted by Crippen LogP contribution is 2.32. The van der Waals surface area contributed by atoms with E-state index in [1.165, 1.54) is 6.42 Å². The van der Waals surface area contributed by atoms with Crippen LogP contribution in [0.3, 0.4) is 0 Å². The van der Waals surface area contributed by atoms with E-state index in [2.05, 4.69) is 32.4 Å². The van der Waals surface area contributed by atoms with Gasteiger partial charge in [-0.25, -0.2) is 4.98 Å². The molecule has 2 aliphatic heterocycles. The molecule has 148 valence electrons. The molecular weight excluding hydrogens is 398 g/mol. The number of hydrogen-bond donors (Lipinski definition) is 2. The van der Waals surface area contributed by atoms with Crippen molar-refractivity contribution in [2.75, 3.05) is 30.1 Å². The average Bonchev–Trinajstić information content (AvgIpc) is 3.14. The van der Waals surface area contributed by atoms with Gasteiger partial charge in [0.2, 0.25) is 12.7 Å². The molecular formula is C19H22ClN5O2S. The number of halogens is 1. The van der Waals surface area contributed by atoms with Crippen LogP contribution in [0.2, 0.25) is 5.15 Å². The Morgan fingerprint density at radius 3 is 3.00 bits per heavy atom. The number of fused-ring (bicyclic) bond motifs is 1. The Balaban J connectivity index is 1.37. The van der Waals surface area contributed by atoms with Gasteiger partial charge in [0.05, 0.1) is 0 Å². The second-order valence-electron chi connectivity index (χ2n) is 7.06. The van der Waals surface area contributed by atoms with Gasteiger partial charge in [-0.2, -0.15) is 4.98 Å². The summed E-state index contributed by atoms with van der Waals surface area (Å²) in [7, 11) is 0. The number of ether oxygens (including phenoxy) is 2. The lowest BCUT2D eigenvalue weighted by atomic mass is 10.0. The summed E-state index contributed by atoms with van der Waals surface area (Å²) < 4.78 is 10.7. The number of rotatable bonds is 4. The third-order valence-corrected chi connectivity index (χ3v) is 5.22. The minimum atomic E-state index is 0.260. The van der Waals surface area contributed by atoms with Crippen LogP contribution in [0.4, 0.5) is 11.8 Å². The number of nitrogens with one attached hydrogen (secondary N) is 2. The van der Waals surface area contributed by atoms with Crippen molar-refractivity contribution in [2.24, 2.45) is 5.92 Å². The first-order valence-electron chi connectivity index (χ1n) is 9.30. The van der Waals surface area contributed by atoms with Crippen LogP contribution in [0.15, 0.2) is 24.3 Å². The van der Waals surface area contributed by atoms with Crippen LogP contribution in [-0.2, 0) is 6.54 Å². The zero-order valence-corrected chi connectivity index (χ0v) is 17.1. The molecule has 0 saturated carbocycles. The minimum Gasteiger partial charge on any atom is -0.454 e. The Labute approximate surface area is 174 Å². The van der Waals surface area contributed by atoms with Gasteiger partial charge in [-0.1, -0.05) is 24.6 Å². The van der Waals surface area contributed by atoms with Crippen LogP contribution < -0.4 is 25.0 Å². The third kappa shape index (κ3) is 4.56. The van der Waals surface area contributed by atoms with Crippen LogP contribution >= 0.6 is 23.8 Å². The van der Waals surface area contributed by atoms with Crippen molar-refractivity contribution in [1.29, 1.82) is 0 Å². The summed E-state index contributed by atoms with van der Waals surface area (Å²) in [5.74, 6) is 3.37. The van der Waals surface area contributed by atoms with Crippen LogP contribution in [-0.4, -0.2) is 35.0 Å². The Morgan fingerprint density at radius 1 is 1.29 bits per heavy atom. The number of anilines is 2. The van der Waals surface area contributed by atoms with Gasteiger partial charge in [0.15, 0.2) is 16.6 Å². The molecule has 28 heavy (non-hydrogen) atoms. The molecule has 7 nitrogen and oxygen atoms in total. The predicted molar refractivity (Wildman–Crippen MR) is 113 cm³/mol. The third-order valence-electron chi connectivity index (χ3n) is 4.78. The van der Waals surface area contributed by atoms with Crippen molar-refractivity contribution in [1.82, 2.24) is 15.3 Å². The van der Waals surface area contributed by atoms with Gasteiger partial charge in [-0.15, -0.1) is 0 Å². The minimum absolute atomic E-state index is 0.260. The van der Waals surface area contributed by atoms with Gasteiger partial charge in [-0.05, 0) is 48.7 Å². The summed E-state index contributed by atoms with van der Waals surface area (Å²) in [6, 6.07) is 7.59. The molecule has 0 spiro atoms. The Bertz CT molecular complexity index is 881. The molecule has 3 heterocycles. The lowest BCUT2D eigenvalue weighted by molar-refractivity contribution is 0.174. The maximum atomic E-state index is 6.21. The summed E-state index contributed by atoms with van der Waals surface area (Å²) in [5.41, 5.74) is 1.03. The van der Waals surface area contributed by atoms with E-state index in [0.29, 0.717) is 28.7 Å². The maximum absolute atomic E-state index is 6.21. The molecule has 2 N–H and O–H groups in total. The molecule has 0 aliphatic carbocycles. The summed E-state index contributed by atoms with van der Waals surface area (Å²) in [6.07, 6.45) is 2.40. The van der Waals surface area contributed by atoms with Gasteiger partial charge >= 0.3 is 0 Å². The highest BCUT2D eigenvalue weighted by molar-refractivity contribution is 7.80. The summed E-state index contributed by atoms with van der Waals surface area (Å²) >= 11 is 11.6. The lowest BCUT2D eigenvalue weighted by Gasteiger charge is -2.32. The van der Waals surface area contributed by atoms with E-state index in [-0.39, 0.29) is 6.79 Å². The summed E-state index contributed by atoms with van der Waals surface area (Å²) in [6.45, 7) is 5.00. The van der Waals surface area contributed by atoms with E-state index in [1.807, 2.05) is 18.2 Å². The van der Waals surface area contributed by atoms with Gasteiger partial charge < -0.3 is 25.0 Å². The molecule has 1 atom stereocenters. The van der Waals surface area contributed by atoms with Crippen molar-refractivity contribution in [2.45, 2.75) is 26.3 Å². The number of nitrogens with zero attached hydrogens (tertiary/aromatic N) is 3. The van der Waals surface area contributed by atoms with Crippen LogP contribution in [0, 0.1) is 5.92 Å². The van der Waals surface area contributed by atoms with E-state index >= 15 is 0 Å². The topological polar surface area (TPSA) is 71.5 Å². The molecule has 0 radical (unpaired) electrons. The van der Waals surface area contributed by atoms with Gasteiger partial charge in [0.25, 0.3) is 0 Å². The normalized spacial score (nSPS) is 18.1. The lowest BCUT2D eigenvalue weighted by Crippen LogP contribution is -2.35. The van der Waals surface area contributed by atoms with E-state index in [9.17, 15) is 0 Å². The fraction of sp³-hybridized carbons (Fsp3) is 0.421. The Hall–Kier alpha value is -2.32. The van der Waals surface area contributed by atoms with Crippen LogP contribution in [0.5, 0.6) is 11.5 Å². The number of piperidine rings is 1. The number of hydrogen-bond acceptors (Lipinski definition) is 6. The van der Waals surface area contributed by atoms with Crippen molar-refractivity contribution in [3.8, 4) is 11.5 Å². The Kier molecular flexibility index (Phi) is 5.68.